The van der Waals surface area contributed by atoms with Crippen LogP contribution in [0.3, 0.4) is 0 Å². The Kier molecular flexibility index (Phi) is 6.15. The Bertz CT molecular complexity index is 888. The number of sulfonamides is 1. The summed E-state index contributed by atoms with van der Waals surface area (Å²) in [7, 11) is -4.42. The summed E-state index contributed by atoms with van der Waals surface area (Å²) in [6.45, 7) is 2.66. The minimum Gasteiger partial charge on any atom is -0.379 e. The predicted molar refractivity (Wildman–Crippen MR) is 93.1 cm³/mol. The van der Waals surface area contributed by atoms with E-state index in [1.165, 1.54) is 0 Å². The van der Waals surface area contributed by atoms with Crippen molar-refractivity contribution < 1.29 is 26.3 Å². The van der Waals surface area contributed by atoms with Gasteiger partial charge in [0.2, 0.25) is 10.0 Å². The van der Waals surface area contributed by atoms with Crippen molar-refractivity contribution in [2.45, 2.75) is 10.9 Å². The van der Waals surface area contributed by atoms with Crippen molar-refractivity contribution in [2.75, 3.05) is 32.8 Å². The van der Waals surface area contributed by atoms with E-state index in [-0.39, 0.29) is 0 Å². The highest BCUT2D eigenvalue weighted by Crippen LogP contribution is 2.23. The van der Waals surface area contributed by atoms with Gasteiger partial charge in [-0.05, 0) is 17.7 Å². The molecule has 0 aliphatic carbocycles. The Morgan fingerprint density at radius 3 is 2.33 bits per heavy atom. The van der Waals surface area contributed by atoms with Gasteiger partial charge in [-0.15, -0.1) is 0 Å². The van der Waals surface area contributed by atoms with Crippen molar-refractivity contribution in [3.8, 4) is 0 Å². The Labute approximate surface area is 155 Å². The topological polar surface area (TPSA) is 58.6 Å². The quantitative estimate of drug-likeness (QED) is 0.757. The molecule has 1 aliphatic rings. The monoisotopic (exact) mass is 400 g/mol. The average molecular weight is 400 g/mol. The zero-order valence-corrected chi connectivity index (χ0v) is 15.2. The van der Waals surface area contributed by atoms with Gasteiger partial charge in [0.05, 0.1) is 19.3 Å². The largest absolute Gasteiger partial charge is 0.379 e. The van der Waals surface area contributed by atoms with E-state index in [9.17, 15) is 21.6 Å². The van der Waals surface area contributed by atoms with Crippen LogP contribution in [-0.4, -0.2) is 46.2 Å². The first-order valence-electron chi connectivity index (χ1n) is 8.39. The standard InChI is InChI=1S/C18H19F3N2O3S/c19-14-6-7-16(18(21)17(14)20)27(24,25)22-15(13-4-2-1-3-5-13)12-23-8-10-26-11-9-23/h1-7,15,22H,8-12H2/t15-/m1/s1. The smallest absolute Gasteiger partial charge is 0.244 e. The molecule has 0 amide bonds. The third-order valence-electron chi connectivity index (χ3n) is 4.33. The predicted octanol–water partition coefficient (Wildman–Crippen LogP) is 2.46. The number of benzene rings is 2. The minimum atomic E-state index is -4.42. The fourth-order valence-corrected chi connectivity index (χ4v) is 4.19. The van der Waals surface area contributed by atoms with Gasteiger partial charge in [0.1, 0.15) is 4.90 Å². The van der Waals surface area contributed by atoms with Crippen LogP contribution in [0.5, 0.6) is 0 Å². The molecule has 3 rings (SSSR count). The maximum absolute atomic E-state index is 14.0. The van der Waals surface area contributed by atoms with Gasteiger partial charge in [0.25, 0.3) is 0 Å². The van der Waals surface area contributed by atoms with Crippen molar-refractivity contribution in [2.24, 2.45) is 0 Å². The van der Waals surface area contributed by atoms with E-state index in [2.05, 4.69) is 4.72 Å². The highest BCUT2D eigenvalue weighted by atomic mass is 32.2. The lowest BCUT2D eigenvalue weighted by atomic mass is 10.1. The molecular formula is C18H19F3N2O3S. The van der Waals surface area contributed by atoms with Crippen LogP contribution in [0.1, 0.15) is 11.6 Å². The normalized spacial score (nSPS) is 17.0. The minimum absolute atomic E-state index is 0.331. The molecule has 2 aromatic carbocycles. The highest BCUT2D eigenvalue weighted by molar-refractivity contribution is 7.89. The summed E-state index contributed by atoms with van der Waals surface area (Å²) in [5.74, 6) is -5.00. The summed E-state index contributed by atoms with van der Waals surface area (Å²) < 4.78 is 73.7. The third kappa shape index (κ3) is 4.67. The van der Waals surface area contributed by atoms with Gasteiger partial charge >= 0.3 is 0 Å². The molecule has 0 saturated carbocycles. The van der Waals surface area contributed by atoms with Crippen LogP contribution in [0.15, 0.2) is 47.4 Å². The molecule has 0 aromatic heterocycles. The Morgan fingerprint density at radius 1 is 1.00 bits per heavy atom. The molecule has 0 spiro atoms. The lowest BCUT2D eigenvalue weighted by Gasteiger charge is -2.31. The van der Waals surface area contributed by atoms with Crippen molar-refractivity contribution in [1.82, 2.24) is 9.62 Å². The van der Waals surface area contributed by atoms with Crippen molar-refractivity contribution in [3.05, 3.63) is 65.5 Å². The van der Waals surface area contributed by atoms with Gasteiger partial charge in [0, 0.05) is 19.6 Å². The molecule has 1 heterocycles. The van der Waals surface area contributed by atoms with E-state index < -0.39 is 38.4 Å². The molecular weight excluding hydrogens is 381 g/mol. The van der Waals surface area contributed by atoms with Crippen LogP contribution in [0.4, 0.5) is 13.2 Å². The van der Waals surface area contributed by atoms with Crippen LogP contribution < -0.4 is 4.72 Å². The molecule has 0 radical (unpaired) electrons. The second-order valence-corrected chi connectivity index (χ2v) is 7.85. The van der Waals surface area contributed by atoms with E-state index in [0.29, 0.717) is 50.5 Å². The molecule has 1 atom stereocenters. The van der Waals surface area contributed by atoms with Gasteiger partial charge in [-0.25, -0.2) is 26.3 Å². The lowest BCUT2D eigenvalue weighted by molar-refractivity contribution is 0.0345. The molecule has 0 unspecified atom stereocenters. The number of rotatable bonds is 6. The summed E-state index contributed by atoms with van der Waals surface area (Å²) >= 11 is 0. The molecule has 1 saturated heterocycles. The first-order chi connectivity index (χ1) is 12.9. The summed E-state index contributed by atoms with van der Waals surface area (Å²) in [6, 6.07) is 9.41. The second kappa shape index (κ2) is 8.39. The SMILES string of the molecule is O=S(=O)(N[C@H](CN1CCOCC1)c1ccccc1)c1ccc(F)c(F)c1F. The van der Waals surface area contributed by atoms with Gasteiger partial charge in [0.15, 0.2) is 17.5 Å². The van der Waals surface area contributed by atoms with Gasteiger partial charge in [-0.1, -0.05) is 30.3 Å². The van der Waals surface area contributed by atoms with Gasteiger partial charge in [-0.2, -0.15) is 0 Å². The number of hydrogen-bond acceptors (Lipinski definition) is 4. The van der Waals surface area contributed by atoms with Crippen molar-refractivity contribution in [3.63, 3.8) is 0 Å². The molecule has 2 aromatic rings. The van der Waals surface area contributed by atoms with Gasteiger partial charge in [-0.3, -0.25) is 4.90 Å². The van der Waals surface area contributed by atoms with E-state index in [4.69, 9.17) is 4.74 Å². The number of halogens is 3. The number of morpholine rings is 1. The van der Waals surface area contributed by atoms with Crippen LogP contribution in [0.25, 0.3) is 0 Å². The number of nitrogens with zero attached hydrogens (tertiary/aromatic N) is 1. The first-order valence-corrected chi connectivity index (χ1v) is 9.87. The molecule has 9 heteroatoms. The lowest BCUT2D eigenvalue weighted by Crippen LogP contribution is -2.43. The number of hydrogen-bond donors (Lipinski definition) is 1. The summed E-state index contributed by atoms with van der Waals surface area (Å²) in [5, 5.41) is 0. The highest BCUT2D eigenvalue weighted by Gasteiger charge is 2.28. The molecule has 146 valence electrons. The van der Waals surface area contributed by atoms with Gasteiger partial charge < -0.3 is 4.74 Å². The second-order valence-electron chi connectivity index (χ2n) is 6.17. The number of nitrogens with one attached hydrogen (secondary N) is 1. The maximum atomic E-state index is 14.0. The summed E-state index contributed by atoms with van der Waals surface area (Å²) in [5.41, 5.74) is 0.676. The van der Waals surface area contributed by atoms with Crippen LogP contribution in [0, 0.1) is 17.5 Å². The molecule has 0 bridgehead atoms. The zero-order chi connectivity index (χ0) is 19.4. The fourth-order valence-electron chi connectivity index (χ4n) is 2.90. The Morgan fingerprint density at radius 2 is 1.67 bits per heavy atom. The molecule has 1 aliphatic heterocycles. The van der Waals surface area contributed by atoms with E-state index in [0.717, 1.165) is 0 Å². The summed E-state index contributed by atoms with van der Waals surface area (Å²) in [6.07, 6.45) is 0. The van der Waals surface area contributed by atoms with E-state index in [1.807, 2.05) is 4.90 Å². The van der Waals surface area contributed by atoms with E-state index >= 15 is 0 Å². The van der Waals surface area contributed by atoms with E-state index in [1.54, 1.807) is 30.3 Å². The van der Waals surface area contributed by atoms with Crippen molar-refractivity contribution in [1.29, 1.82) is 0 Å². The Balaban J connectivity index is 1.89. The fraction of sp³-hybridized carbons (Fsp3) is 0.333. The maximum Gasteiger partial charge on any atom is 0.244 e. The van der Waals surface area contributed by atoms with Crippen LogP contribution >= 0.6 is 0 Å². The number of ether oxygens (including phenoxy) is 1. The molecule has 5 nitrogen and oxygen atoms in total. The molecule has 1 fully saturated rings. The van der Waals surface area contributed by atoms with Crippen LogP contribution in [-0.2, 0) is 14.8 Å². The Hall–Kier alpha value is -1.94. The summed E-state index contributed by atoms with van der Waals surface area (Å²) in [4.78, 5) is 1.09. The van der Waals surface area contributed by atoms with Crippen molar-refractivity contribution >= 4 is 10.0 Å². The zero-order valence-electron chi connectivity index (χ0n) is 14.4. The molecule has 1 N–H and O–H groups in total. The third-order valence-corrected chi connectivity index (χ3v) is 5.82. The average Bonchev–Trinajstić information content (AvgIpc) is 2.67. The first kappa shape index (κ1) is 19.8. The molecule has 27 heavy (non-hydrogen) atoms. The van der Waals surface area contributed by atoms with Crippen LogP contribution in [0.2, 0.25) is 0 Å².